The third-order valence-electron chi connectivity index (χ3n) is 3.83. The number of benzene rings is 1. The van der Waals surface area contributed by atoms with Gasteiger partial charge in [0.05, 0.1) is 6.61 Å². The van der Waals surface area contributed by atoms with Crippen LogP contribution in [-0.4, -0.2) is 67.6 Å². The molecule has 0 bridgehead atoms. The van der Waals surface area contributed by atoms with Crippen LogP contribution in [0.25, 0.3) is 0 Å². The Bertz CT molecular complexity index is 721. The molecule has 1 fully saturated rings. The Kier molecular flexibility index (Phi) is 5.06. The van der Waals surface area contributed by atoms with E-state index in [0.29, 0.717) is 5.56 Å². The van der Waals surface area contributed by atoms with Crippen molar-refractivity contribution < 1.29 is 34.4 Å². The molecular weight excluding hydrogens is 334 g/mol. The van der Waals surface area contributed by atoms with E-state index in [9.17, 15) is 25.2 Å². The highest BCUT2D eigenvalue weighted by atomic mass is 16.6. The van der Waals surface area contributed by atoms with E-state index < -0.39 is 43.0 Å². The molecule has 0 spiro atoms. The fourth-order valence-corrected chi connectivity index (χ4v) is 2.46. The van der Waals surface area contributed by atoms with Gasteiger partial charge in [0.1, 0.15) is 24.4 Å². The molecule has 2 aromatic rings. The Morgan fingerprint density at radius 3 is 2.48 bits per heavy atom. The van der Waals surface area contributed by atoms with Crippen molar-refractivity contribution >= 4 is 11.9 Å². The lowest BCUT2D eigenvalue weighted by molar-refractivity contribution is -0.236. The van der Waals surface area contributed by atoms with Gasteiger partial charge in [-0.15, -0.1) is 5.10 Å². The average molecular weight is 351 g/mol. The van der Waals surface area contributed by atoms with Crippen LogP contribution in [0.5, 0.6) is 0 Å². The number of aliphatic hydroxyl groups excluding tert-OH is 4. The van der Waals surface area contributed by atoms with Crippen LogP contribution in [-0.2, 0) is 4.74 Å². The summed E-state index contributed by atoms with van der Waals surface area (Å²) >= 11 is 0. The summed E-state index contributed by atoms with van der Waals surface area (Å²) in [6, 6.07) is 8.14. The Labute approximate surface area is 141 Å². The predicted molar refractivity (Wildman–Crippen MR) is 81.4 cm³/mol. The van der Waals surface area contributed by atoms with Crippen molar-refractivity contribution in [3.05, 3.63) is 41.8 Å². The second-order valence-electron chi connectivity index (χ2n) is 5.52. The van der Waals surface area contributed by atoms with Crippen LogP contribution in [0.1, 0.15) is 22.4 Å². The smallest absolute Gasteiger partial charge is 0.322 e. The summed E-state index contributed by atoms with van der Waals surface area (Å²) in [5.41, 5.74) is 0.384. The Morgan fingerprint density at radius 2 is 1.80 bits per heavy atom. The molecule has 25 heavy (non-hydrogen) atoms. The number of hydrogen-bond donors (Lipinski definition) is 5. The summed E-state index contributed by atoms with van der Waals surface area (Å²) in [5, 5.41) is 48.4. The molecule has 3 rings (SSSR count). The summed E-state index contributed by atoms with van der Waals surface area (Å²) in [7, 11) is 0. The minimum Gasteiger partial charge on any atom is -0.405 e. The molecule has 1 saturated heterocycles. The van der Waals surface area contributed by atoms with E-state index >= 15 is 0 Å². The molecule has 1 aliphatic heterocycles. The molecule has 2 heterocycles. The third kappa shape index (κ3) is 3.52. The van der Waals surface area contributed by atoms with Crippen molar-refractivity contribution in [1.29, 1.82) is 0 Å². The van der Waals surface area contributed by atoms with Gasteiger partial charge in [-0.05, 0) is 12.1 Å². The second kappa shape index (κ2) is 7.25. The van der Waals surface area contributed by atoms with Crippen LogP contribution in [0.3, 0.4) is 0 Å². The lowest BCUT2D eigenvalue weighted by Crippen LogP contribution is -2.55. The molecule has 1 aromatic carbocycles. The molecule has 134 valence electrons. The van der Waals surface area contributed by atoms with Gasteiger partial charge in [-0.25, -0.2) is 0 Å². The number of aromatic nitrogens is 2. The fraction of sp³-hybridized carbons (Fsp3) is 0.400. The molecule has 0 unspecified atom stereocenters. The molecule has 0 radical (unpaired) electrons. The molecule has 1 amide bonds. The highest BCUT2D eigenvalue weighted by molar-refractivity contribution is 6.02. The van der Waals surface area contributed by atoms with E-state index in [1.165, 1.54) is 0 Å². The quantitative estimate of drug-likeness (QED) is 0.458. The van der Waals surface area contributed by atoms with E-state index in [0.717, 1.165) is 0 Å². The van der Waals surface area contributed by atoms with Gasteiger partial charge in [-0.2, -0.15) is 0 Å². The van der Waals surface area contributed by atoms with Crippen LogP contribution in [0.4, 0.5) is 6.01 Å². The SMILES string of the molecule is O=C(Nc1nnc([C@@H]2O[C@H](CO)[C@@H](O)[C@H](O)[C@H]2O)o1)c1ccccc1. The Balaban J connectivity index is 1.73. The maximum atomic E-state index is 12.0. The van der Waals surface area contributed by atoms with Gasteiger partial charge in [-0.3, -0.25) is 10.1 Å². The summed E-state index contributed by atoms with van der Waals surface area (Å²) < 4.78 is 10.5. The fourth-order valence-electron chi connectivity index (χ4n) is 2.46. The molecule has 0 saturated carbocycles. The van der Waals surface area contributed by atoms with Gasteiger partial charge in [0, 0.05) is 5.56 Å². The molecule has 1 aromatic heterocycles. The summed E-state index contributed by atoms with van der Waals surface area (Å²) in [6.07, 6.45) is -6.96. The summed E-state index contributed by atoms with van der Waals surface area (Å²) in [6.45, 7) is -0.576. The number of nitrogens with one attached hydrogen (secondary N) is 1. The summed E-state index contributed by atoms with van der Waals surface area (Å²) in [5.74, 6) is -0.676. The zero-order valence-electron chi connectivity index (χ0n) is 12.9. The zero-order valence-corrected chi connectivity index (χ0v) is 12.9. The maximum Gasteiger partial charge on any atom is 0.322 e. The highest BCUT2D eigenvalue weighted by Gasteiger charge is 2.46. The number of amides is 1. The standard InChI is InChI=1S/C15H17N3O7/c19-6-8-9(20)10(21)11(22)12(24-8)14-17-18-15(25-14)16-13(23)7-4-2-1-3-5-7/h1-5,8-12,19-22H,6H2,(H,16,18,23)/t8-,9-,10+,11-,12-/m1/s1. The molecule has 10 heteroatoms. The van der Waals surface area contributed by atoms with Gasteiger partial charge in [0.25, 0.3) is 5.91 Å². The molecule has 10 nitrogen and oxygen atoms in total. The van der Waals surface area contributed by atoms with E-state index in [1.807, 2.05) is 0 Å². The van der Waals surface area contributed by atoms with Crippen molar-refractivity contribution in [2.45, 2.75) is 30.5 Å². The van der Waals surface area contributed by atoms with E-state index in [4.69, 9.17) is 9.15 Å². The highest BCUT2D eigenvalue weighted by Crippen LogP contribution is 2.32. The molecular formula is C15H17N3O7. The predicted octanol–water partition coefficient (Wildman–Crippen LogP) is -1.16. The summed E-state index contributed by atoms with van der Waals surface area (Å²) in [4.78, 5) is 12.0. The topological polar surface area (TPSA) is 158 Å². The van der Waals surface area contributed by atoms with Crippen molar-refractivity contribution in [3.63, 3.8) is 0 Å². The Morgan fingerprint density at radius 1 is 1.08 bits per heavy atom. The monoisotopic (exact) mass is 351 g/mol. The lowest BCUT2D eigenvalue weighted by Gasteiger charge is -2.38. The molecule has 5 atom stereocenters. The number of hydrogen-bond acceptors (Lipinski definition) is 9. The molecule has 5 N–H and O–H groups in total. The lowest BCUT2D eigenvalue weighted by atomic mass is 9.95. The Hall–Kier alpha value is -2.37. The van der Waals surface area contributed by atoms with Crippen LogP contribution >= 0.6 is 0 Å². The van der Waals surface area contributed by atoms with Gasteiger partial charge in [0.2, 0.25) is 5.89 Å². The van der Waals surface area contributed by atoms with Gasteiger partial charge >= 0.3 is 6.01 Å². The van der Waals surface area contributed by atoms with Crippen molar-refractivity contribution in [3.8, 4) is 0 Å². The van der Waals surface area contributed by atoms with Crippen LogP contribution in [0, 0.1) is 0 Å². The first-order chi connectivity index (χ1) is 12.0. The van der Waals surface area contributed by atoms with E-state index in [1.54, 1.807) is 30.3 Å². The zero-order chi connectivity index (χ0) is 18.0. The van der Waals surface area contributed by atoms with Crippen molar-refractivity contribution in [2.24, 2.45) is 0 Å². The van der Waals surface area contributed by atoms with Crippen LogP contribution in [0.15, 0.2) is 34.7 Å². The van der Waals surface area contributed by atoms with Gasteiger partial charge in [0.15, 0.2) is 6.10 Å². The van der Waals surface area contributed by atoms with Gasteiger partial charge in [-0.1, -0.05) is 23.3 Å². The number of rotatable bonds is 4. The maximum absolute atomic E-state index is 12.0. The normalized spacial score (nSPS) is 29.4. The van der Waals surface area contributed by atoms with Crippen molar-refractivity contribution in [2.75, 3.05) is 11.9 Å². The minimum atomic E-state index is -1.56. The second-order valence-corrected chi connectivity index (χ2v) is 5.52. The first kappa shape index (κ1) is 17.5. The number of anilines is 1. The number of carbonyl (C=O) groups excluding carboxylic acids is 1. The van der Waals surface area contributed by atoms with Gasteiger partial charge < -0.3 is 29.6 Å². The first-order valence-electron chi connectivity index (χ1n) is 7.51. The van der Waals surface area contributed by atoms with E-state index in [2.05, 4.69) is 15.5 Å². The number of ether oxygens (including phenoxy) is 1. The minimum absolute atomic E-state index is 0.208. The number of aliphatic hydroxyl groups is 4. The van der Waals surface area contributed by atoms with E-state index in [-0.39, 0.29) is 11.9 Å². The largest absolute Gasteiger partial charge is 0.405 e. The van der Waals surface area contributed by atoms with Crippen molar-refractivity contribution in [1.82, 2.24) is 10.2 Å². The molecule has 1 aliphatic rings. The van der Waals surface area contributed by atoms with Crippen LogP contribution in [0.2, 0.25) is 0 Å². The first-order valence-corrected chi connectivity index (χ1v) is 7.51. The number of nitrogens with zero attached hydrogens (tertiary/aromatic N) is 2. The number of carbonyl (C=O) groups is 1. The molecule has 0 aliphatic carbocycles. The third-order valence-corrected chi connectivity index (χ3v) is 3.83. The average Bonchev–Trinajstić information content (AvgIpc) is 3.09. The van der Waals surface area contributed by atoms with Crippen LogP contribution < -0.4 is 5.32 Å².